The number of likely N-dealkylation sites (tertiary alicyclic amines) is 1. The second-order valence-electron chi connectivity index (χ2n) is 7.13. The Labute approximate surface area is 160 Å². The van der Waals surface area contributed by atoms with E-state index >= 15 is 0 Å². The normalized spacial score (nSPS) is 20.4. The third kappa shape index (κ3) is 5.29. The van der Waals surface area contributed by atoms with Crippen LogP contribution in [-0.4, -0.2) is 72.8 Å². The molecule has 0 spiro atoms. The molecule has 1 aromatic rings. The van der Waals surface area contributed by atoms with E-state index in [0.29, 0.717) is 38.0 Å². The summed E-state index contributed by atoms with van der Waals surface area (Å²) in [5.41, 5.74) is 0.628. The zero-order valence-corrected chi connectivity index (χ0v) is 15.7. The van der Waals surface area contributed by atoms with Crippen LogP contribution in [0.4, 0.5) is 0 Å². The second-order valence-corrected chi connectivity index (χ2v) is 7.13. The Kier molecular flexibility index (Phi) is 6.81. The van der Waals surface area contributed by atoms with Crippen LogP contribution in [0.5, 0.6) is 0 Å². The Morgan fingerprint density at radius 3 is 2.78 bits per heavy atom. The summed E-state index contributed by atoms with van der Waals surface area (Å²) in [5, 5.41) is 5.94. The fourth-order valence-corrected chi connectivity index (χ4v) is 3.73. The quantitative estimate of drug-likeness (QED) is 0.718. The monoisotopic (exact) mass is 372 g/mol. The number of hydrogen-bond donors (Lipinski definition) is 2. The van der Waals surface area contributed by atoms with Gasteiger partial charge in [0, 0.05) is 50.7 Å². The number of amides is 3. The fraction of sp³-hybridized carbons (Fsp3) is 0.550. The molecule has 1 atom stereocenters. The van der Waals surface area contributed by atoms with Crippen LogP contribution in [0.1, 0.15) is 36.0 Å². The number of nitrogens with one attached hydrogen (secondary N) is 2. The molecule has 0 radical (unpaired) electrons. The van der Waals surface area contributed by atoms with Gasteiger partial charge in [-0.1, -0.05) is 18.2 Å². The zero-order valence-electron chi connectivity index (χ0n) is 15.7. The minimum Gasteiger partial charge on any atom is -0.352 e. The van der Waals surface area contributed by atoms with Crippen molar-refractivity contribution in [3.8, 4) is 0 Å². The molecule has 1 unspecified atom stereocenters. The number of benzene rings is 1. The van der Waals surface area contributed by atoms with Crippen LogP contribution in [-0.2, 0) is 9.59 Å². The van der Waals surface area contributed by atoms with Gasteiger partial charge in [-0.05, 0) is 31.4 Å². The zero-order chi connectivity index (χ0) is 19.1. The number of carbonyl (C=O) groups excluding carboxylic acids is 3. The minimum atomic E-state index is -0.113. The fourth-order valence-electron chi connectivity index (χ4n) is 3.73. The molecule has 0 bridgehead atoms. The molecule has 2 N–H and O–H groups in total. The first-order chi connectivity index (χ1) is 13.1. The van der Waals surface area contributed by atoms with Crippen molar-refractivity contribution in [3.63, 3.8) is 0 Å². The molecule has 27 heavy (non-hydrogen) atoms. The number of rotatable bonds is 6. The number of nitrogens with zero attached hydrogens (tertiary/aromatic N) is 2. The van der Waals surface area contributed by atoms with Gasteiger partial charge in [0.25, 0.3) is 5.91 Å². The topological polar surface area (TPSA) is 81.8 Å². The molecule has 2 aliphatic heterocycles. The average molecular weight is 372 g/mol. The predicted octanol–water partition coefficient (Wildman–Crippen LogP) is 0.619. The lowest BCUT2D eigenvalue weighted by Gasteiger charge is -2.41. The van der Waals surface area contributed by atoms with Gasteiger partial charge in [0.05, 0.1) is 6.54 Å². The first-order valence-corrected chi connectivity index (χ1v) is 9.76. The van der Waals surface area contributed by atoms with Crippen LogP contribution >= 0.6 is 0 Å². The highest BCUT2D eigenvalue weighted by Gasteiger charge is 2.31. The van der Waals surface area contributed by atoms with Crippen LogP contribution < -0.4 is 10.6 Å². The highest BCUT2D eigenvalue weighted by Crippen LogP contribution is 2.18. The largest absolute Gasteiger partial charge is 0.352 e. The first-order valence-electron chi connectivity index (χ1n) is 9.76. The molecule has 0 aromatic heterocycles. The van der Waals surface area contributed by atoms with Crippen molar-refractivity contribution >= 4 is 17.7 Å². The van der Waals surface area contributed by atoms with Gasteiger partial charge in [-0.2, -0.15) is 0 Å². The summed E-state index contributed by atoms with van der Waals surface area (Å²) in [5.74, 6) is 0.124. The molecule has 3 amide bonds. The Morgan fingerprint density at radius 2 is 2.00 bits per heavy atom. The van der Waals surface area contributed by atoms with Gasteiger partial charge in [0.2, 0.25) is 11.8 Å². The van der Waals surface area contributed by atoms with E-state index < -0.39 is 0 Å². The van der Waals surface area contributed by atoms with Crippen LogP contribution in [0.3, 0.4) is 0 Å². The smallest absolute Gasteiger partial charge is 0.251 e. The number of piperidine rings is 1. The van der Waals surface area contributed by atoms with Crippen molar-refractivity contribution in [1.29, 1.82) is 0 Å². The van der Waals surface area contributed by atoms with Gasteiger partial charge in [0.15, 0.2) is 0 Å². The highest BCUT2D eigenvalue weighted by atomic mass is 16.2. The van der Waals surface area contributed by atoms with Crippen molar-refractivity contribution in [2.24, 2.45) is 0 Å². The minimum absolute atomic E-state index is 0.108. The van der Waals surface area contributed by atoms with Gasteiger partial charge in [-0.15, -0.1) is 0 Å². The summed E-state index contributed by atoms with van der Waals surface area (Å²) >= 11 is 0. The van der Waals surface area contributed by atoms with Crippen molar-refractivity contribution in [1.82, 2.24) is 20.4 Å². The van der Waals surface area contributed by atoms with Crippen LogP contribution in [0.25, 0.3) is 0 Å². The summed E-state index contributed by atoms with van der Waals surface area (Å²) in [6, 6.07) is 9.20. The molecule has 2 fully saturated rings. The molecule has 2 heterocycles. The molecule has 1 aromatic carbocycles. The molecule has 2 saturated heterocycles. The van der Waals surface area contributed by atoms with E-state index in [2.05, 4.69) is 10.6 Å². The second kappa shape index (κ2) is 9.50. The molecular formula is C20H28N4O3. The van der Waals surface area contributed by atoms with E-state index in [4.69, 9.17) is 0 Å². The summed E-state index contributed by atoms with van der Waals surface area (Å²) < 4.78 is 0. The van der Waals surface area contributed by atoms with E-state index in [1.54, 1.807) is 12.1 Å². The number of piperazine rings is 1. The Bertz CT molecular complexity index is 664. The third-order valence-electron chi connectivity index (χ3n) is 5.21. The molecule has 0 aliphatic carbocycles. The van der Waals surface area contributed by atoms with Crippen molar-refractivity contribution in [3.05, 3.63) is 35.9 Å². The molecule has 7 heteroatoms. The number of carbonyl (C=O) groups is 3. The maximum absolute atomic E-state index is 12.5. The Balaban J connectivity index is 1.40. The highest BCUT2D eigenvalue weighted by molar-refractivity contribution is 5.94. The summed E-state index contributed by atoms with van der Waals surface area (Å²) in [7, 11) is 0. The van der Waals surface area contributed by atoms with Crippen molar-refractivity contribution in [2.75, 3.05) is 39.3 Å². The van der Waals surface area contributed by atoms with Crippen LogP contribution in [0.2, 0.25) is 0 Å². The summed E-state index contributed by atoms with van der Waals surface area (Å²) in [6.07, 6.45) is 2.92. The standard InChI is InChI=1S/C20H28N4O3/c25-18(9-4-10-22-20(27)16-6-2-1-3-7-16)23-12-5-8-17(15-23)24-13-11-21-14-19(24)26/h1-3,6-7,17,21H,4-5,8-15H2,(H,22,27). The average Bonchev–Trinajstić information content (AvgIpc) is 2.72. The van der Waals surface area contributed by atoms with Crippen LogP contribution in [0.15, 0.2) is 30.3 Å². The van der Waals surface area contributed by atoms with Gasteiger partial charge in [0.1, 0.15) is 0 Å². The molecular weight excluding hydrogens is 344 g/mol. The van der Waals surface area contributed by atoms with E-state index in [-0.39, 0.29) is 23.8 Å². The van der Waals surface area contributed by atoms with Crippen LogP contribution in [0, 0.1) is 0 Å². The predicted molar refractivity (Wildman–Crippen MR) is 102 cm³/mol. The maximum atomic E-state index is 12.5. The van der Waals surface area contributed by atoms with Gasteiger partial charge < -0.3 is 20.4 Å². The lowest BCUT2D eigenvalue weighted by atomic mass is 10.0. The molecule has 3 rings (SSSR count). The van der Waals surface area contributed by atoms with Gasteiger partial charge in [-0.25, -0.2) is 0 Å². The third-order valence-corrected chi connectivity index (χ3v) is 5.21. The Morgan fingerprint density at radius 1 is 1.19 bits per heavy atom. The molecule has 0 saturated carbocycles. The molecule has 7 nitrogen and oxygen atoms in total. The first kappa shape index (κ1) is 19.4. The molecule has 146 valence electrons. The van der Waals surface area contributed by atoms with Gasteiger partial charge in [-0.3, -0.25) is 14.4 Å². The number of hydrogen-bond acceptors (Lipinski definition) is 4. The van der Waals surface area contributed by atoms with Crippen molar-refractivity contribution in [2.45, 2.75) is 31.7 Å². The lowest BCUT2D eigenvalue weighted by molar-refractivity contribution is -0.140. The van der Waals surface area contributed by atoms with E-state index in [9.17, 15) is 14.4 Å². The summed E-state index contributed by atoms with van der Waals surface area (Å²) in [4.78, 5) is 40.4. The Hall–Kier alpha value is -2.41. The lowest BCUT2D eigenvalue weighted by Crippen LogP contribution is -2.57. The maximum Gasteiger partial charge on any atom is 0.251 e. The van der Waals surface area contributed by atoms with E-state index in [0.717, 1.165) is 32.5 Å². The van der Waals surface area contributed by atoms with E-state index in [1.807, 2.05) is 28.0 Å². The van der Waals surface area contributed by atoms with Gasteiger partial charge >= 0.3 is 0 Å². The van der Waals surface area contributed by atoms with E-state index in [1.165, 1.54) is 0 Å². The summed E-state index contributed by atoms with van der Waals surface area (Å²) in [6.45, 7) is 3.79. The van der Waals surface area contributed by atoms with Crippen molar-refractivity contribution < 1.29 is 14.4 Å². The SMILES string of the molecule is O=C(NCCCC(=O)N1CCCC(N2CCNCC2=O)C1)c1ccccc1. The molecule has 2 aliphatic rings.